The fourth-order valence-corrected chi connectivity index (χ4v) is 1.76. The van der Waals surface area contributed by atoms with Crippen LogP contribution < -0.4 is 0 Å². The summed E-state index contributed by atoms with van der Waals surface area (Å²) in [5.74, 6) is -0.818. The van der Waals surface area contributed by atoms with Crippen molar-refractivity contribution < 1.29 is 19.0 Å². The lowest BCUT2D eigenvalue weighted by molar-refractivity contribution is -0.155. The van der Waals surface area contributed by atoms with Crippen molar-refractivity contribution in [2.45, 2.75) is 32.2 Å². The Morgan fingerprint density at radius 1 is 1.46 bits per heavy atom. The summed E-state index contributed by atoms with van der Waals surface area (Å²) in [4.78, 5) is 11.2. The van der Waals surface area contributed by atoms with Crippen molar-refractivity contribution in [3.05, 3.63) is 0 Å². The largest absolute Gasteiger partial charge is 0.465 e. The van der Waals surface area contributed by atoms with Crippen LogP contribution in [0.2, 0.25) is 0 Å². The summed E-state index contributed by atoms with van der Waals surface area (Å²) in [5.41, 5.74) is 0. The van der Waals surface area contributed by atoms with Gasteiger partial charge in [0.15, 0.2) is 5.79 Å². The molecule has 2 aliphatic rings. The Labute approximate surface area is 77.1 Å². The molecule has 0 radical (unpaired) electrons. The molecule has 0 N–H and O–H groups in total. The van der Waals surface area contributed by atoms with Gasteiger partial charge in [0.1, 0.15) is 0 Å². The van der Waals surface area contributed by atoms with Gasteiger partial charge in [0, 0.05) is 0 Å². The molecule has 0 aromatic rings. The van der Waals surface area contributed by atoms with Crippen LogP contribution in [0.1, 0.15) is 20.3 Å². The van der Waals surface area contributed by atoms with Gasteiger partial charge in [0.25, 0.3) is 0 Å². The second-order valence-corrected chi connectivity index (χ2v) is 3.93. The van der Waals surface area contributed by atoms with Crippen molar-refractivity contribution >= 4 is 5.97 Å². The zero-order chi connectivity index (χ0) is 9.47. The Hall–Kier alpha value is -0.610. The molecular formula is C9H14O4. The van der Waals surface area contributed by atoms with Crippen LogP contribution in [0.15, 0.2) is 0 Å². The Kier molecular flexibility index (Phi) is 2.04. The minimum atomic E-state index is -0.548. The van der Waals surface area contributed by atoms with Crippen LogP contribution in [0, 0.1) is 5.92 Å². The van der Waals surface area contributed by atoms with Gasteiger partial charge in [0.2, 0.25) is 0 Å². The molecule has 13 heavy (non-hydrogen) atoms. The van der Waals surface area contributed by atoms with Crippen LogP contribution in [0.3, 0.4) is 0 Å². The van der Waals surface area contributed by atoms with Gasteiger partial charge in [-0.25, -0.2) is 0 Å². The highest BCUT2D eigenvalue weighted by atomic mass is 16.7. The number of carbonyl (C=O) groups excluding carboxylic acids is 1. The molecule has 0 aromatic carbocycles. The van der Waals surface area contributed by atoms with Gasteiger partial charge >= 0.3 is 5.97 Å². The zero-order valence-electron chi connectivity index (χ0n) is 7.91. The Morgan fingerprint density at radius 3 is 2.69 bits per heavy atom. The van der Waals surface area contributed by atoms with Crippen LogP contribution in [0.5, 0.6) is 0 Å². The number of rotatable bonds is 1. The maximum Gasteiger partial charge on any atom is 0.311 e. The second kappa shape index (κ2) is 2.96. The predicted molar refractivity (Wildman–Crippen MR) is 44.0 cm³/mol. The quantitative estimate of drug-likeness (QED) is 0.565. The molecule has 2 aliphatic heterocycles. The SMILES string of the molecule is CC1(C)OC[C@@H]([C@H]2CCOC2=O)O1. The fraction of sp³-hybridized carbons (Fsp3) is 0.889. The van der Waals surface area contributed by atoms with Gasteiger partial charge in [-0.05, 0) is 20.3 Å². The molecule has 2 saturated heterocycles. The lowest BCUT2D eigenvalue weighted by Gasteiger charge is -2.18. The summed E-state index contributed by atoms with van der Waals surface area (Å²) in [7, 11) is 0. The Bertz CT molecular complexity index is 224. The van der Waals surface area contributed by atoms with Crippen molar-refractivity contribution in [1.82, 2.24) is 0 Å². The normalized spacial score (nSPS) is 37.8. The van der Waals surface area contributed by atoms with E-state index in [9.17, 15) is 4.79 Å². The molecule has 0 bridgehead atoms. The lowest BCUT2D eigenvalue weighted by Crippen LogP contribution is -2.29. The van der Waals surface area contributed by atoms with Crippen molar-refractivity contribution in [2.24, 2.45) is 5.92 Å². The van der Waals surface area contributed by atoms with Gasteiger partial charge in [-0.3, -0.25) is 4.79 Å². The van der Waals surface area contributed by atoms with E-state index in [4.69, 9.17) is 14.2 Å². The fourth-order valence-electron chi connectivity index (χ4n) is 1.76. The third kappa shape index (κ3) is 1.69. The second-order valence-electron chi connectivity index (χ2n) is 3.93. The smallest absolute Gasteiger partial charge is 0.311 e. The summed E-state index contributed by atoms with van der Waals surface area (Å²) in [6, 6.07) is 0. The monoisotopic (exact) mass is 186 g/mol. The topological polar surface area (TPSA) is 44.8 Å². The molecule has 0 aromatic heterocycles. The summed E-state index contributed by atoms with van der Waals surface area (Å²) in [5, 5.41) is 0. The molecule has 2 fully saturated rings. The summed E-state index contributed by atoms with van der Waals surface area (Å²) in [6.45, 7) is 4.72. The van der Waals surface area contributed by atoms with Crippen LogP contribution in [0.25, 0.3) is 0 Å². The van der Waals surface area contributed by atoms with Gasteiger partial charge in [0.05, 0.1) is 25.2 Å². The molecule has 2 atom stereocenters. The number of ether oxygens (including phenoxy) is 3. The zero-order valence-corrected chi connectivity index (χ0v) is 7.91. The average molecular weight is 186 g/mol. The molecule has 0 unspecified atom stereocenters. The highest BCUT2D eigenvalue weighted by molar-refractivity contribution is 5.74. The summed E-state index contributed by atoms with van der Waals surface area (Å²) < 4.78 is 15.8. The molecule has 74 valence electrons. The number of hydrogen-bond donors (Lipinski definition) is 0. The molecule has 2 heterocycles. The average Bonchev–Trinajstić information content (AvgIpc) is 2.56. The number of cyclic esters (lactones) is 1. The summed E-state index contributed by atoms with van der Waals surface area (Å²) >= 11 is 0. The Balaban J connectivity index is 1.99. The molecule has 0 saturated carbocycles. The minimum Gasteiger partial charge on any atom is -0.465 e. The molecule has 0 amide bonds. The number of esters is 1. The molecule has 4 heteroatoms. The Morgan fingerprint density at radius 2 is 2.23 bits per heavy atom. The van der Waals surface area contributed by atoms with Crippen LogP contribution in [-0.2, 0) is 19.0 Å². The molecule has 4 nitrogen and oxygen atoms in total. The standard InChI is InChI=1S/C9H14O4/c1-9(2)12-5-7(13-9)6-3-4-11-8(6)10/h6-7H,3-5H2,1-2H3/t6-,7+/m1/s1. The van der Waals surface area contributed by atoms with Crippen molar-refractivity contribution in [3.8, 4) is 0 Å². The highest BCUT2D eigenvalue weighted by Gasteiger charge is 2.43. The van der Waals surface area contributed by atoms with Crippen LogP contribution in [-0.4, -0.2) is 31.1 Å². The number of carbonyl (C=O) groups is 1. The maximum absolute atomic E-state index is 11.2. The first-order valence-corrected chi connectivity index (χ1v) is 4.57. The third-order valence-electron chi connectivity index (χ3n) is 2.46. The van der Waals surface area contributed by atoms with E-state index in [1.54, 1.807) is 0 Å². The van der Waals surface area contributed by atoms with Gasteiger partial charge in [-0.2, -0.15) is 0 Å². The third-order valence-corrected chi connectivity index (χ3v) is 2.46. The molecular weight excluding hydrogens is 172 g/mol. The first-order chi connectivity index (χ1) is 6.08. The highest BCUT2D eigenvalue weighted by Crippen LogP contribution is 2.30. The first-order valence-electron chi connectivity index (χ1n) is 4.57. The molecule has 0 aliphatic carbocycles. The molecule has 0 spiro atoms. The van der Waals surface area contributed by atoms with Gasteiger partial charge in [-0.1, -0.05) is 0 Å². The van der Waals surface area contributed by atoms with Crippen LogP contribution >= 0.6 is 0 Å². The predicted octanol–water partition coefficient (Wildman–Crippen LogP) is 0.701. The minimum absolute atomic E-state index is 0.120. The van der Waals surface area contributed by atoms with E-state index in [2.05, 4.69) is 0 Å². The van der Waals surface area contributed by atoms with Gasteiger partial charge in [-0.15, -0.1) is 0 Å². The van der Waals surface area contributed by atoms with E-state index in [1.165, 1.54) is 0 Å². The van der Waals surface area contributed by atoms with E-state index >= 15 is 0 Å². The lowest BCUT2D eigenvalue weighted by atomic mass is 10.0. The summed E-state index contributed by atoms with van der Waals surface area (Å²) in [6.07, 6.45) is 0.633. The van der Waals surface area contributed by atoms with Crippen molar-refractivity contribution in [3.63, 3.8) is 0 Å². The molecule has 2 rings (SSSR count). The van der Waals surface area contributed by atoms with Crippen molar-refractivity contribution in [1.29, 1.82) is 0 Å². The first kappa shape index (κ1) is 8.97. The van der Waals surface area contributed by atoms with E-state index in [0.717, 1.165) is 6.42 Å². The number of hydrogen-bond acceptors (Lipinski definition) is 4. The van der Waals surface area contributed by atoms with Crippen molar-refractivity contribution in [2.75, 3.05) is 13.2 Å². The van der Waals surface area contributed by atoms with E-state index in [0.29, 0.717) is 13.2 Å². The van der Waals surface area contributed by atoms with E-state index in [1.807, 2.05) is 13.8 Å². The van der Waals surface area contributed by atoms with Crippen LogP contribution in [0.4, 0.5) is 0 Å². The van der Waals surface area contributed by atoms with E-state index < -0.39 is 5.79 Å². The maximum atomic E-state index is 11.2. The van der Waals surface area contributed by atoms with Gasteiger partial charge < -0.3 is 14.2 Å². The van der Waals surface area contributed by atoms with E-state index in [-0.39, 0.29) is 18.0 Å².